The van der Waals surface area contributed by atoms with Crippen molar-refractivity contribution in [1.29, 1.82) is 5.41 Å². The molecule has 0 amide bonds. The Bertz CT molecular complexity index is 316. The Labute approximate surface area is 99.4 Å². The van der Waals surface area contributed by atoms with E-state index in [1.165, 1.54) is 0 Å². The topological polar surface area (TPSA) is 49.9 Å². The van der Waals surface area contributed by atoms with E-state index in [0.29, 0.717) is 5.71 Å². The molecule has 0 radical (unpaired) electrons. The van der Waals surface area contributed by atoms with E-state index < -0.39 is 0 Å². The molecule has 16 heavy (non-hydrogen) atoms. The van der Waals surface area contributed by atoms with Crippen molar-refractivity contribution in [1.82, 2.24) is 0 Å². The van der Waals surface area contributed by atoms with E-state index in [1.54, 1.807) is 0 Å². The lowest BCUT2D eigenvalue weighted by molar-refractivity contribution is 0.796. The second-order valence-corrected chi connectivity index (χ2v) is 3.88. The van der Waals surface area contributed by atoms with Crippen molar-refractivity contribution in [2.24, 2.45) is 5.73 Å². The zero-order valence-electron chi connectivity index (χ0n) is 10.9. The van der Waals surface area contributed by atoms with Gasteiger partial charge in [0.05, 0.1) is 5.71 Å². The van der Waals surface area contributed by atoms with Gasteiger partial charge in [-0.3, -0.25) is 5.41 Å². The van der Waals surface area contributed by atoms with Gasteiger partial charge in [-0.1, -0.05) is 31.6 Å². The Balaban J connectivity index is 4.96. The summed E-state index contributed by atoms with van der Waals surface area (Å²) in [4.78, 5) is 0. The predicted octanol–water partition coefficient (Wildman–Crippen LogP) is 3.95. The van der Waals surface area contributed by atoms with Crippen LogP contribution in [0.25, 0.3) is 0 Å². The SMILES string of the molecule is C/C=C\C(=C/C)C(=N)/C(CCCC)=C(/C)N. The lowest BCUT2D eigenvalue weighted by atomic mass is 9.96. The highest BCUT2D eigenvalue weighted by molar-refractivity contribution is 6.12. The second kappa shape index (κ2) is 7.91. The standard InChI is InChI=1S/C14H24N2/c1-5-8-10-13(11(4)15)14(16)12(7-3)9-6-2/h6-7,9,16H,5,8,10,15H2,1-4H3/b9-6-,12-7+,13-11-,16-14?. The highest BCUT2D eigenvalue weighted by atomic mass is 14.6. The van der Waals surface area contributed by atoms with Crippen LogP contribution in [0.3, 0.4) is 0 Å². The fourth-order valence-corrected chi connectivity index (χ4v) is 1.55. The summed E-state index contributed by atoms with van der Waals surface area (Å²) >= 11 is 0. The first-order valence-corrected chi connectivity index (χ1v) is 5.91. The summed E-state index contributed by atoms with van der Waals surface area (Å²) < 4.78 is 0. The minimum atomic E-state index is 0.564. The molecule has 0 rings (SSSR count). The number of nitrogens with one attached hydrogen (secondary N) is 1. The van der Waals surface area contributed by atoms with Gasteiger partial charge in [-0.05, 0) is 44.8 Å². The summed E-state index contributed by atoms with van der Waals surface area (Å²) in [5.74, 6) is 0. The number of rotatable bonds is 6. The normalized spacial score (nSPS) is 14.1. The summed E-state index contributed by atoms with van der Waals surface area (Å²) in [6.45, 7) is 7.94. The molecule has 0 heterocycles. The Morgan fingerprint density at radius 3 is 2.31 bits per heavy atom. The van der Waals surface area contributed by atoms with Crippen LogP contribution in [-0.2, 0) is 0 Å². The maximum atomic E-state index is 8.16. The minimum absolute atomic E-state index is 0.564. The van der Waals surface area contributed by atoms with E-state index in [-0.39, 0.29) is 0 Å². The first kappa shape index (κ1) is 14.7. The average molecular weight is 220 g/mol. The molecule has 2 nitrogen and oxygen atoms in total. The molecule has 0 saturated heterocycles. The molecule has 2 heteroatoms. The summed E-state index contributed by atoms with van der Waals surface area (Å²) in [6, 6.07) is 0. The summed E-state index contributed by atoms with van der Waals surface area (Å²) in [6.07, 6.45) is 8.96. The van der Waals surface area contributed by atoms with E-state index in [9.17, 15) is 0 Å². The van der Waals surface area contributed by atoms with Crippen molar-refractivity contribution < 1.29 is 0 Å². The van der Waals surface area contributed by atoms with Crippen molar-refractivity contribution in [3.05, 3.63) is 35.1 Å². The van der Waals surface area contributed by atoms with Crippen LogP contribution in [0.1, 0.15) is 47.0 Å². The molecule has 0 spiro atoms. The van der Waals surface area contributed by atoms with Crippen molar-refractivity contribution in [3.8, 4) is 0 Å². The smallest absolute Gasteiger partial charge is 0.0657 e. The number of unbranched alkanes of at least 4 members (excludes halogenated alkanes) is 1. The summed E-state index contributed by atoms with van der Waals surface area (Å²) in [5, 5.41) is 8.16. The number of hydrogen-bond donors (Lipinski definition) is 2. The molecule has 0 atom stereocenters. The van der Waals surface area contributed by atoms with Crippen LogP contribution in [0.15, 0.2) is 35.1 Å². The molecule has 0 aliphatic carbocycles. The molecule has 0 saturated carbocycles. The van der Waals surface area contributed by atoms with Crippen LogP contribution >= 0.6 is 0 Å². The third-order valence-electron chi connectivity index (χ3n) is 2.50. The molecule has 90 valence electrons. The zero-order chi connectivity index (χ0) is 12.6. The molecule has 0 aromatic carbocycles. The van der Waals surface area contributed by atoms with Crippen molar-refractivity contribution in [2.45, 2.75) is 47.0 Å². The van der Waals surface area contributed by atoms with E-state index in [2.05, 4.69) is 6.92 Å². The Hall–Kier alpha value is -1.31. The third-order valence-corrected chi connectivity index (χ3v) is 2.50. The van der Waals surface area contributed by atoms with Gasteiger partial charge in [0, 0.05) is 5.70 Å². The second-order valence-electron chi connectivity index (χ2n) is 3.88. The predicted molar refractivity (Wildman–Crippen MR) is 72.7 cm³/mol. The molecule has 0 aromatic rings. The Morgan fingerprint density at radius 1 is 1.31 bits per heavy atom. The molecule has 0 aromatic heterocycles. The van der Waals surface area contributed by atoms with Gasteiger partial charge in [-0.25, -0.2) is 0 Å². The quantitative estimate of drug-likeness (QED) is 0.517. The zero-order valence-corrected chi connectivity index (χ0v) is 10.9. The lowest BCUT2D eigenvalue weighted by Crippen LogP contribution is -2.10. The summed E-state index contributed by atoms with van der Waals surface area (Å²) in [7, 11) is 0. The van der Waals surface area contributed by atoms with Crippen LogP contribution in [0, 0.1) is 5.41 Å². The number of hydrogen-bond acceptors (Lipinski definition) is 2. The molecule has 0 aliphatic rings. The fourth-order valence-electron chi connectivity index (χ4n) is 1.55. The highest BCUT2D eigenvalue weighted by Crippen LogP contribution is 2.16. The van der Waals surface area contributed by atoms with Gasteiger partial charge < -0.3 is 5.73 Å². The van der Waals surface area contributed by atoms with Crippen molar-refractivity contribution >= 4 is 5.71 Å². The molecular weight excluding hydrogens is 196 g/mol. The van der Waals surface area contributed by atoms with Crippen LogP contribution < -0.4 is 5.73 Å². The van der Waals surface area contributed by atoms with Crippen LogP contribution in [0.4, 0.5) is 0 Å². The van der Waals surface area contributed by atoms with E-state index in [1.807, 2.05) is 39.0 Å². The van der Waals surface area contributed by atoms with E-state index in [0.717, 1.165) is 36.1 Å². The van der Waals surface area contributed by atoms with Crippen molar-refractivity contribution in [3.63, 3.8) is 0 Å². The van der Waals surface area contributed by atoms with Gasteiger partial charge in [0.2, 0.25) is 0 Å². The van der Waals surface area contributed by atoms with Crippen LogP contribution in [0.5, 0.6) is 0 Å². The average Bonchev–Trinajstić information content (AvgIpc) is 2.25. The van der Waals surface area contributed by atoms with Gasteiger partial charge in [-0.15, -0.1) is 0 Å². The first-order chi connectivity index (χ1) is 7.58. The lowest BCUT2D eigenvalue weighted by Gasteiger charge is -2.11. The number of allylic oxidation sites excluding steroid dienone is 6. The van der Waals surface area contributed by atoms with Gasteiger partial charge >= 0.3 is 0 Å². The van der Waals surface area contributed by atoms with Gasteiger partial charge in [0.25, 0.3) is 0 Å². The van der Waals surface area contributed by atoms with Gasteiger partial charge in [0.1, 0.15) is 0 Å². The van der Waals surface area contributed by atoms with Gasteiger partial charge in [0.15, 0.2) is 0 Å². The molecular formula is C14H24N2. The Kier molecular flexibility index (Phi) is 7.27. The summed E-state index contributed by atoms with van der Waals surface area (Å²) in [5.41, 5.74) is 9.11. The fraction of sp³-hybridized carbons (Fsp3) is 0.500. The first-order valence-electron chi connectivity index (χ1n) is 5.91. The maximum absolute atomic E-state index is 8.16. The molecule has 3 N–H and O–H groups in total. The largest absolute Gasteiger partial charge is 0.402 e. The van der Waals surface area contributed by atoms with Crippen molar-refractivity contribution in [2.75, 3.05) is 0 Å². The molecule has 0 unspecified atom stereocenters. The Morgan fingerprint density at radius 2 is 1.94 bits per heavy atom. The third kappa shape index (κ3) is 4.47. The number of nitrogens with two attached hydrogens (primary N) is 1. The van der Waals surface area contributed by atoms with E-state index in [4.69, 9.17) is 11.1 Å². The highest BCUT2D eigenvalue weighted by Gasteiger charge is 2.09. The van der Waals surface area contributed by atoms with E-state index >= 15 is 0 Å². The minimum Gasteiger partial charge on any atom is -0.402 e. The molecule has 0 bridgehead atoms. The molecule has 0 aliphatic heterocycles. The molecule has 0 fully saturated rings. The monoisotopic (exact) mass is 220 g/mol. The maximum Gasteiger partial charge on any atom is 0.0657 e. The van der Waals surface area contributed by atoms with Crippen LogP contribution in [-0.4, -0.2) is 5.71 Å². The van der Waals surface area contributed by atoms with Crippen LogP contribution in [0.2, 0.25) is 0 Å². The van der Waals surface area contributed by atoms with Gasteiger partial charge in [-0.2, -0.15) is 0 Å².